The van der Waals surface area contributed by atoms with E-state index in [4.69, 9.17) is 4.74 Å². The third kappa shape index (κ3) is 4.54. The summed E-state index contributed by atoms with van der Waals surface area (Å²) < 4.78 is 5.27. The molecule has 1 aliphatic carbocycles. The molecule has 33 heavy (non-hydrogen) atoms. The Morgan fingerprint density at radius 2 is 2.00 bits per heavy atom. The second kappa shape index (κ2) is 8.91. The smallest absolute Gasteiger partial charge is 0.415 e. The average molecular weight is 451 g/mol. The molecule has 3 heterocycles. The normalized spacial score (nSPS) is 23.1. The number of cyclic esters (lactones) is 1. The lowest BCUT2D eigenvalue weighted by Gasteiger charge is -2.36. The maximum Gasteiger partial charge on any atom is 0.415 e. The molecule has 8 heteroatoms. The standard InChI is InChI=1S/C25H34N6O2/c1-17(2)21-15-33-24(32)31(21)22-8-11-27-23(29-22)28-18(3)20-6-4-19(5-7-20)14-30-13-12-26-16-25(30)9-10-25/h4-8,11,17-18,21,26H,9-10,12-16H2,1-3H3,(H,27,28,29)/t18-,21?/m0/s1. The number of piperazine rings is 1. The SMILES string of the molecule is CC(C)C1COC(=O)N1c1ccnc(N[C@@H](C)c2ccc(CN3CCNCC34CC4)cc2)n1. The van der Waals surface area contributed by atoms with Crippen molar-refractivity contribution in [3.8, 4) is 0 Å². The highest BCUT2D eigenvalue weighted by atomic mass is 16.6. The number of hydrogen-bond acceptors (Lipinski definition) is 7. The molecule has 2 N–H and O–H groups in total. The molecule has 0 bridgehead atoms. The molecule has 2 atom stereocenters. The quantitative estimate of drug-likeness (QED) is 0.667. The predicted octanol–water partition coefficient (Wildman–Crippen LogP) is 3.57. The first kappa shape index (κ1) is 22.1. The van der Waals surface area contributed by atoms with E-state index in [9.17, 15) is 4.79 Å². The number of carbonyl (C=O) groups excluding carboxylic acids is 1. The molecule has 1 amide bonds. The van der Waals surface area contributed by atoms with Gasteiger partial charge >= 0.3 is 6.09 Å². The number of aromatic nitrogens is 2. The lowest BCUT2D eigenvalue weighted by Crippen LogP contribution is -2.52. The van der Waals surface area contributed by atoms with Gasteiger partial charge in [0.15, 0.2) is 0 Å². The molecule has 2 aromatic rings. The van der Waals surface area contributed by atoms with E-state index in [1.165, 1.54) is 24.0 Å². The van der Waals surface area contributed by atoms with Crippen LogP contribution in [0.4, 0.5) is 16.6 Å². The average Bonchev–Trinajstić information content (AvgIpc) is 3.47. The van der Waals surface area contributed by atoms with Gasteiger partial charge < -0.3 is 15.4 Å². The summed E-state index contributed by atoms with van der Waals surface area (Å²) in [7, 11) is 0. The third-order valence-electron chi connectivity index (χ3n) is 7.27. The van der Waals surface area contributed by atoms with Crippen LogP contribution in [-0.2, 0) is 11.3 Å². The van der Waals surface area contributed by atoms with Crippen molar-refractivity contribution < 1.29 is 9.53 Å². The van der Waals surface area contributed by atoms with Gasteiger partial charge in [0.25, 0.3) is 0 Å². The molecular weight excluding hydrogens is 416 g/mol. The number of benzene rings is 1. The van der Waals surface area contributed by atoms with Crippen molar-refractivity contribution in [3.63, 3.8) is 0 Å². The predicted molar refractivity (Wildman–Crippen MR) is 128 cm³/mol. The summed E-state index contributed by atoms with van der Waals surface area (Å²) in [6.07, 6.45) is 3.96. The lowest BCUT2D eigenvalue weighted by atomic mass is 10.0. The first-order valence-corrected chi connectivity index (χ1v) is 12.1. The highest BCUT2D eigenvalue weighted by Crippen LogP contribution is 2.43. The molecule has 1 aromatic carbocycles. The number of rotatable bonds is 7. The number of hydrogen-bond donors (Lipinski definition) is 2. The van der Waals surface area contributed by atoms with Crippen LogP contribution in [0, 0.1) is 5.92 Å². The zero-order chi connectivity index (χ0) is 23.0. The van der Waals surface area contributed by atoms with Crippen LogP contribution in [-0.4, -0.2) is 58.8 Å². The Hall–Kier alpha value is -2.71. The second-order valence-electron chi connectivity index (χ2n) is 9.93. The zero-order valence-corrected chi connectivity index (χ0v) is 19.8. The first-order valence-electron chi connectivity index (χ1n) is 12.1. The van der Waals surface area contributed by atoms with Gasteiger partial charge in [0.05, 0.1) is 12.1 Å². The molecule has 3 fully saturated rings. The van der Waals surface area contributed by atoms with Gasteiger partial charge in [0.2, 0.25) is 5.95 Å². The molecule has 1 aromatic heterocycles. The summed E-state index contributed by atoms with van der Waals surface area (Å²) in [6.45, 7) is 11.0. The van der Waals surface area contributed by atoms with Gasteiger partial charge in [-0.2, -0.15) is 4.98 Å². The summed E-state index contributed by atoms with van der Waals surface area (Å²) in [4.78, 5) is 25.6. The van der Waals surface area contributed by atoms with Crippen LogP contribution < -0.4 is 15.5 Å². The van der Waals surface area contributed by atoms with Crippen LogP contribution in [0.3, 0.4) is 0 Å². The van der Waals surface area contributed by atoms with Gasteiger partial charge in [-0.25, -0.2) is 9.78 Å². The number of carbonyl (C=O) groups is 1. The minimum absolute atomic E-state index is 0.0179. The summed E-state index contributed by atoms with van der Waals surface area (Å²) in [5.41, 5.74) is 2.93. The number of ether oxygens (including phenoxy) is 1. The van der Waals surface area contributed by atoms with E-state index in [0.717, 1.165) is 26.2 Å². The summed E-state index contributed by atoms with van der Waals surface area (Å²) in [5.74, 6) is 1.35. The number of amides is 1. The van der Waals surface area contributed by atoms with Crippen molar-refractivity contribution >= 4 is 17.9 Å². The lowest BCUT2D eigenvalue weighted by molar-refractivity contribution is 0.134. The minimum Gasteiger partial charge on any atom is -0.447 e. The van der Waals surface area contributed by atoms with Crippen LogP contribution in [0.5, 0.6) is 0 Å². The van der Waals surface area contributed by atoms with Crippen LogP contribution in [0.25, 0.3) is 0 Å². The highest BCUT2D eigenvalue weighted by molar-refractivity contribution is 5.89. The van der Waals surface area contributed by atoms with Crippen molar-refractivity contribution in [1.82, 2.24) is 20.2 Å². The van der Waals surface area contributed by atoms with Crippen LogP contribution in [0.1, 0.15) is 50.8 Å². The fourth-order valence-corrected chi connectivity index (χ4v) is 4.92. The van der Waals surface area contributed by atoms with Gasteiger partial charge in [-0.05, 0) is 42.9 Å². The number of nitrogens with one attached hydrogen (secondary N) is 2. The van der Waals surface area contributed by atoms with E-state index in [1.54, 1.807) is 17.2 Å². The Bertz CT molecular complexity index is 991. The first-order chi connectivity index (χ1) is 15.9. The number of anilines is 2. The topological polar surface area (TPSA) is 82.6 Å². The molecule has 1 spiro atoms. The van der Waals surface area contributed by atoms with Gasteiger partial charge in [-0.3, -0.25) is 9.80 Å². The Morgan fingerprint density at radius 3 is 2.73 bits per heavy atom. The van der Waals surface area contributed by atoms with Gasteiger partial charge in [-0.15, -0.1) is 0 Å². The van der Waals surface area contributed by atoms with Gasteiger partial charge in [-0.1, -0.05) is 38.1 Å². The Kier molecular flexibility index (Phi) is 5.97. The molecule has 176 valence electrons. The van der Waals surface area contributed by atoms with Crippen molar-refractivity contribution in [2.75, 3.05) is 36.5 Å². The van der Waals surface area contributed by atoms with Crippen molar-refractivity contribution in [2.45, 2.75) is 57.8 Å². The molecule has 3 aliphatic rings. The highest BCUT2D eigenvalue weighted by Gasteiger charge is 2.48. The van der Waals surface area contributed by atoms with E-state index in [1.807, 2.05) is 0 Å². The molecule has 2 saturated heterocycles. The zero-order valence-electron chi connectivity index (χ0n) is 19.8. The van der Waals surface area contributed by atoms with Crippen molar-refractivity contribution in [2.24, 2.45) is 5.92 Å². The molecule has 1 saturated carbocycles. The number of nitrogens with zero attached hydrogens (tertiary/aromatic N) is 4. The monoisotopic (exact) mass is 450 g/mol. The maximum absolute atomic E-state index is 12.3. The second-order valence-corrected chi connectivity index (χ2v) is 9.93. The summed E-state index contributed by atoms with van der Waals surface area (Å²) in [5, 5.41) is 6.93. The van der Waals surface area contributed by atoms with E-state index in [0.29, 0.717) is 23.9 Å². The van der Waals surface area contributed by atoms with E-state index in [2.05, 4.69) is 70.5 Å². The fraction of sp³-hybridized carbons (Fsp3) is 0.560. The molecule has 0 radical (unpaired) electrons. The maximum atomic E-state index is 12.3. The molecule has 1 unspecified atom stereocenters. The Morgan fingerprint density at radius 1 is 1.21 bits per heavy atom. The van der Waals surface area contributed by atoms with Crippen molar-refractivity contribution in [1.29, 1.82) is 0 Å². The summed E-state index contributed by atoms with van der Waals surface area (Å²) in [6, 6.07) is 10.6. The largest absolute Gasteiger partial charge is 0.447 e. The van der Waals surface area contributed by atoms with Crippen LogP contribution in [0.2, 0.25) is 0 Å². The van der Waals surface area contributed by atoms with E-state index >= 15 is 0 Å². The minimum atomic E-state index is -0.348. The molecular formula is C25H34N6O2. The molecule has 2 aliphatic heterocycles. The van der Waals surface area contributed by atoms with E-state index in [-0.39, 0.29) is 24.1 Å². The van der Waals surface area contributed by atoms with E-state index < -0.39 is 0 Å². The van der Waals surface area contributed by atoms with Crippen LogP contribution in [0.15, 0.2) is 36.5 Å². The fourth-order valence-electron chi connectivity index (χ4n) is 4.92. The van der Waals surface area contributed by atoms with Crippen molar-refractivity contribution in [3.05, 3.63) is 47.7 Å². The summed E-state index contributed by atoms with van der Waals surface area (Å²) >= 11 is 0. The third-order valence-corrected chi connectivity index (χ3v) is 7.27. The molecule has 5 rings (SSSR count). The van der Waals surface area contributed by atoms with Gasteiger partial charge in [0.1, 0.15) is 12.4 Å². The Labute approximate surface area is 195 Å². The van der Waals surface area contributed by atoms with Crippen LogP contribution >= 0.6 is 0 Å². The molecule has 8 nitrogen and oxygen atoms in total. The van der Waals surface area contributed by atoms with Gasteiger partial charge in [0, 0.05) is 37.9 Å². The Balaban J connectivity index is 1.24.